The second-order valence-corrected chi connectivity index (χ2v) is 6.57. The van der Waals surface area contributed by atoms with Gasteiger partial charge in [0.25, 0.3) is 0 Å². The number of rotatable bonds is 10. The molecule has 0 aromatic rings. The summed E-state index contributed by atoms with van der Waals surface area (Å²) in [5, 5.41) is 3.04. The molecule has 3 heteroatoms. The van der Waals surface area contributed by atoms with Crippen molar-refractivity contribution in [1.82, 2.24) is 5.32 Å². The van der Waals surface area contributed by atoms with Crippen molar-refractivity contribution in [3.63, 3.8) is 0 Å². The number of hydrogen-bond acceptors (Lipinski definition) is 1. The van der Waals surface area contributed by atoms with E-state index < -0.39 is 0 Å². The van der Waals surface area contributed by atoms with E-state index in [0.29, 0.717) is 11.2 Å². The van der Waals surface area contributed by atoms with E-state index in [0.717, 1.165) is 12.8 Å². The van der Waals surface area contributed by atoms with Crippen LogP contribution in [0.2, 0.25) is 0 Å². The van der Waals surface area contributed by atoms with E-state index in [1.54, 1.807) is 0 Å². The Kier molecular flexibility index (Phi) is 11.0. The highest BCUT2D eigenvalue weighted by Gasteiger charge is 2.09. The third kappa shape index (κ3) is 12.2. The summed E-state index contributed by atoms with van der Waals surface area (Å²) < 4.78 is 0. The van der Waals surface area contributed by atoms with Gasteiger partial charge in [0, 0.05) is 17.3 Å². The SMILES string of the molecule is CCCCCCCCC(=O)NC(C)CC(C)Br. The van der Waals surface area contributed by atoms with Gasteiger partial charge in [0.2, 0.25) is 5.91 Å². The van der Waals surface area contributed by atoms with Crippen molar-refractivity contribution in [2.75, 3.05) is 0 Å². The molecular formula is C14H28BrNO. The Morgan fingerprint density at radius 2 is 1.71 bits per heavy atom. The Labute approximate surface area is 115 Å². The van der Waals surface area contributed by atoms with E-state index in [9.17, 15) is 4.79 Å². The van der Waals surface area contributed by atoms with E-state index in [-0.39, 0.29) is 11.9 Å². The molecule has 2 unspecified atom stereocenters. The van der Waals surface area contributed by atoms with Gasteiger partial charge in [-0.25, -0.2) is 0 Å². The van der Waals surface area contributed by atoms with Crippen LogP contribution in [0.3, 0.4) is 0 Å². The highest BCUT2D eigenvalue weighted by molar-refractivity contribution is 9.09. The largest absolute Gasteiger partial charge is 0.354 e. The van der Waals surface area contributed by atoms with Gasteiger partial charge in [-0.3, -0.25) is 4.79 Å². The minimum Gasteiger partial charge on any atom is -0.354 e. The van der Waals surface area contributed by atoms with Gasteiger partial charge in [-0.1, -0.05) is 61.9 Å². The lowest BCUT2D eigenvalue weighted by atomic mass is 10.1. The number of hydrogen-bond donors (Lipinski definition) is 1. The molecule has 0 aliphatic carbocycles. The van der Waals surface area contributed by atoms with Crippen LogP contribution in [0.4, 0.5) is 0 Å². The van der Waals surface area contributed by atoms with Crippen molar-refractivity contribution in [3.05, 3.63) is 0 Å². The first kappa shape index (κ1) is 16.9. The summed E-state index contributed by atoms with van der Waals surface area (Å²) in [6.45, 7) is 6.40. The average molecular weight is 306 g/mol. The molecule has 0 fully saturated rings. The van der Waals surface area contributed by atoms with Crippen LogP contribution < -0.4 is 5.32 Å². The smallest absolute Gasteiger partial charge is 0.220 e. The maximum atomic E-state index is 11.6. The van der Waals surface area contributed by atoms with Crippen molar-refractivity contribution < 1.29 is 4.79 Å². The van der Waals surface area contributed by atoms with Gasteiger partial charge in [-0.05, 0) is 19.8 Å². The lowest BCUT2D eigenvalue weighted by Gasteiger charge is -2.15. The molecule has 2 atom stereocenters. The van der Waals surface area contributed by atoms with E-state index in [2.05, 4.69) is 42.0 Å². The molecule has 102 valence electrons. The average Bonchev–Trinajstić information content (AvgIpc) is 2.21. The van der Waals surface area contributed by atoms with Crippen LogP contribution in [0.1, 0.15) is 72.1 Å². The quantitative estimate of drug-likeness (QED) is 0.470. The zero-order valence-electron chi connectivity index (χ0n) is 11.6. The molecule has 0 radical (unpaired) electrons. The van der Waals surface area contributed by atoms with Crippen LogP contribution in [-0.2, 0) is 4.79 Å². The Morgan fingerprint density at radius 1 is 1.12 bits per heavy atom. The van der Waals surface area contributed by atoms with Crippen LogP contribution in [0.25, 0.3) is 0 Å². The molecule has 0 aliphatic heterocycles. The van der Waals surface area contributed by atoms with Gasteiger partial charge in [0.1, 0.15) is 0 Å². The van der Waals surface area contributed by atoms with Crippen molar-refractivity contribution in [1.29, 1.82) is 0 Å². The third-order valence-electron chi connectivity index (χ3n) is 2.84. The Balaban J connectivity index is 3.40. The topological polar surface area (TPSA) is 29.1 Å². The summed E-state index contributed by atoms with van der Waals surface area (Å²) in [4.78, 5) is 12.1. The number of amides is 1. The lowest BCUT2D eigenvalue weighted by molar-refractivity contribution is -0.121. The highest BCUT2D eigenvalue weighted by Crippen LogP contribution is 2.09. The predicted octanol–water partition coefficient (Wildman–Crippen LogP) is 4.42. The van der Waals surface area contributed by atoms with E-state index in [4.69, 9.17) is 0 Å². The normalized spacial score (nSPS) is 14.4. The van der Waals surface area contributed by atoms with Crippen molar-refractivity contribution in [2.45, 2.75) is 83.0 Å². The Bertz CT molecular complexity index is 195. The van der Waals surface area contributed by atoms with Crippen LogP contribution in [0.15, 0.2) is 0 Å². The molecule has 0 spiro atoms. The van der Waals surface area contributed by atoms with Crippen LogP contribution >= 0.6 is 15.9 Å². The van der Waals surface area contributed by atoms with Gasteiger partial charge in [0.15, 0.2) is 0 Å². The zero-order valence-corrected chi connectivity index (χ0v) is 13.2. The van der Waals surface area contributed by atoms with E-state index in [1.807, 2.05) is 0 Å². The molecule has 0 saturated heterocycles. The minimum absolute atomic E-state index is 0.209. The number of nitrogens with one attached hydrogen (secondary N) is 1. The molecule has 0 saturated carbocycles. The minimum atomic E-state index is 0.209. The molecule has 1 amide bonds. The maximum Gasteiger partial charge on any atom is 0.220 e. The molecule has 0 aliphatic rings. The molecule has 17 heavy (non-hydrogen) atoms. The second kappa shape index (κ2) is 11.1. The number of alkyl halides is 1. The standard InChI is InChI=1S/C14H28BrNO/c1-4-5-6-7-8-9-10-14(17)16-13(3)11-12(2)15/h12-13H,4-11H2,1-3H3,(H,16,17). The first-order valence-electron chi connectivity index (χ1n) is 6.99. The van der Waals surface area contributed by atoms with Crippen LogP contribution in [-0.4, -0.2) is 16.8 Å². The fraction of sp³-hybridized carbons (Fsp3) is 0.929. The molecule has 0 bridgehead atoms. The zero-order chi connectivity index (χ0) is 13.1. The molecule has 0 heterocycles. The van der Waals surface area contributed by atoms with Crippen molar-refractivity contribution >= 4 is 21.8 Å². The fourth-order valence-corrected chi connectivity index (χ4v) is 2.52. The monoisotopic (exact) mass is 305 g/mol. The second-order valence-electron chi connectivity index (χ2n) is 5.00. The van der Waals surface area contributed by atoms with Crippen LogP contribution in [0.5, 0.6) is 0 Å². The molecule has 0 aromatic heterocycles. The maximum absolute atomic E-state index is 11.6. The first-order chi connectivity index (χ1) is 8.06. The van der Waals surface area contributed by atoms with Gasteiger partial charge in [0.05, 0.1) is 0 Å². The van der Waals surface area contributed by atoms with Gasteiger partial charge in [-0.2, -0.15) is 0 Å². The van der Waals surface area contributed by atoms with Gasteiger partial charge in [-0.15, -0.1) is 0 Å². The first-order valence-corrected chi connectivity index (χ1v) is 7.91. The lowest BCUT2D eigenvalue weighted by Crippen LogP contribution is -2.33. The summed E-state index contributed by atoms with van der Waals surface area (Å²) >= 11 is 3.50. The fourth-order valence-electron chi connectivity index (χ4n) is 1.96. The third-order valence-corrected chi connectivity index (χ3v) is 3.22. The van der Waals surface area contributed by atoms with Crippen molar-refractivity contribution in [3.8, 4) is 0 Å². The highest BCUT2D eigenvalue weighted by atomic mass is 79.9. The summed E-state index contributed by atoms with van der Waals surface area (Å²) in [7, 11) is 0. The Morgan fingerprint density at radius 3 is 2.29 bits per heavy atom. The van der Waals surface area contributed by atoms with Crippen molar-refractivity contribution in [2.24, 2.45) is 0 Å². The number of unbranched alkanes of at least 4 members (excludes halogenated alkanes) is 5. The van der Waals surface area contributed by atoms with E-state index in [1.165, 1.54) is 32.1 Å². The predicted molar refractivity (Wildman–Crippen MR) is 78.6 cm³/mol. The van der Waals surface area contributed by atoms with Crippen LogP contribution in [0, 0.1) is 0 Å². The molecular weight excluding hydrogens is 278 g/mol. The summed E-state index contributed by atoms with van der Waals surface area (Å²) in [6.07, 6.45) is 9.10. The molecule has 0 aromatic carbocycles. The number of carbonyl (C=O) groups is 1. The summed E-state index contributed by atoms with van der Waals surface area (Å²) in [6, 6.07) is 0.275. The molecule has 0 rings (SSSR count). The number of carbonyl (C=O) groups excluding carboxylic acids is 1. The van der Waals surface area contributed by atoms with Gasteiger partial charge >= 0.3 is 0 Å². The molecule has 2 nitrogen and oxygen atoms in total. The molecule has 1 N–H and O–H groups in total. The number of halogens is 1. The summed E-state index contributed by atoms with van der Waals surface area (Å²) in [5.41, 5.74) is 0. The van der Waals surface area contributed by atoms with E-state index >= 15 is 0 Å². The summed E-state index contributed by atoms with van der Waals surface area (Å²) in [5.74, 6) is 0.209. The Hall–Kier alpha value is -0.0500. The van der Waals surface area contributed by atoms with Gasteiger partial charge < -0.3 is 5.32 Å².